The third kappa shape index (κ3) is 7.31. The number of para-hydroxylation sites is 1. The van der Waals surface area contributed by atoms with Crippen LogP contribution >= 0.6 is 0 Å². The van der Waals surface area contributed by atoms with Crippen molar-refractivity contribution < 1.29 is 36.0 Å². The molecule has 1 amide bonds. The topological polar surface area (TPSA) is 93.7 Å². The van der Waals surface area contributed by atoms with E-state index in [9.17, 15) is 26.4 Å². The van der Waals surface area contributed by atoms with Gasteiger partial charge in [-0.15, -0.1) is 0 Å². The Morgan fingerprint density at radius 2 is 1.43 bits per heavy atom. The van der Waals surface area contributed by atoms with Gasteiger partial charge >= 0.3 is 6.18 Å². The molecule has 1 unspecified atom stereocenters. The van der Waals surface area contributed by atoms with Crippen LogP contribution in [-0.4, -0.2) is 38.3 Å². The standard InChI is InChI=1S/C26H27F3N2O5S/c1-2-17-30-25(26(27,28)29,24(32)31-35-18-20-9-5-3-6-10-20)19-37(33,34)23-15-13-22(14-16-23)36-21-11-7-4-8-12-21/h3-16,30H,2,17-19H2,1H3,(H,31,32). The van der Waals surface area contributed by atoms with Gasteiger partial charge in [-0.3, -0.25) is 14.9 Å². The summed E-state index contributed by atoms with van der Waals surface area (Å²) >= 11 is 0. The Kier molecular flexibility index (Phi) is 9.30. The second kappa shape index (κ2) is 12.2. The second-order valence-corrected chi connectivity index (χ2v) is 10.2. The first-order valence-electron chi connectivity index (χ1n) is 11.4. The fourth-order valence-electron chi connectivity index (χ4n) is 3.40. The van der Waals surface area contributed by atoms with E-state index in [0.717, 1.165) is 12.1 Å². The summed E-state index contributed by atoms with van der Waals surface area (Å²) in [4.78, 5) is 17.5. The second-order valence-electron chi connectivity index (χ2n) is 8.18. The van der Waals surface area contributed by atoms with E-state index in [2.05, 4.69) is 5.32 Å². The minimum absolute atomic E-state index is 0.204. The molecule has 3 rings (SSSR count). The van der Waals surface area contributed by atoms with E-state index in [-0.39, 0.29) is 19.6 Å². The highest BCUT2D eigenvalue weighted by Gasteiger charge is 2.62. The Balaban J connectivity index is 1.83. The molecular formula is C26H27F3N2O5S. The fraction of sp³-hybridized carbons (Fsp3) is 0.269. The van der Waals surface area contributed by atoms with Crippen molar-refractivity contribution in [1.29, 1.82) is 0 Å². The van der Waals surface area contributed by atoms with Crippen LogP contribution in [0.15, 0.2) is 89.8 Å². The Morgan fingerprint density at radius 3 is 2.00 bits per heavy atom. The van der Waals surface area contributed by atoms with Gasteiger partial charge in [0.15, 0.2) is 9.84 Å². The number of amides is 1. The largest absolute Gasteiger partial charge is 0.457 e. The maximum atomic E-state index is 14.4. The van der Waals surface area contributed by atoms with Gasteiger partial charge in [0.05, 0.1) is 17.3 Å². The molecule has 2 N–H and O–H groups in total. The number of hydrogen-bond acceptors (Lipinski definition) is 6. The van der Waals surface area contributed by atoms with E-state index < -0.39 is 38.1 Å². The van der Waals surface area contributed by atoms with Gasteiger partial charge < -0.3 is 4.74 Å². The van der Waals surface area contributed by atoms with Gasteiger partial charge in [-0.25, -0.2) is 13.9 Å². The summed E-state index contributed by atoms with van der Waals surface area (Å²) in [6.45, 7) is 1.13. The molecular weight excluding hydrogens is 509 g/mol. The number of hydrogen-bond donors (Lipinski definition) is 2. The number of alkyl halides is 3. The first-order valence-corrected chi connectivity index (χ1v) is 13.1. The smallest absolute Gasteiger partial charge is 0.416 e. The van der Waals surface area contributed by atoms with Crippen LogP contribution in [0.3, 0.4) is 0 Å². The molecule has 0 saturated carbocycles. The van der Waals surface area contributed by atoms with Crippen molar-refractivity contribution in [1.82, 2.24) is 10.8 Å². The Morgan fingerprint density at radius 1 is 0.865 bits per heavy atom. The van der Waals surface area contributed by atoms with Crippen molar-refractivity contribution in [3.8, 4) is 11.5 Å². The van der Waals surface area contributed by atoms with Crippen LogP contribution in [0.4, 0.5) is 13.2 Å². The summed E-state index contributed by atoms with van der Waals surface area (Å²) in [7, 11) is -4.60. The number of ether oxygens (including phenoxy) is 1. The summed E-state index contributed by atoms with van der Waals surface area (Å²) in [5.74, 6) is -2.42. The number of sulfone groups is 1. The third-order valence-electron chi connectivity index (χ3n) is 5.36. The van der Waals surface area contributed by atoms with Crippen LogP contribution < -0.4 is 15.5 Å². The molecule has 0 spiro atoms. The first kappa shape index (κ1) is 28.2. The molecule has 0 aliphatic heterocycles. The van der Waals surface area contributed by atoms with Gasteiger partial charge in [0, 0.05) is 0 Å². The van der Waals surface area contributed by atoms with Gasteiger partial charge in [0.2, 0.25) is 5.54 Å². The molecule has 0 aliphatic carbocycles. The molecule has 3 aromatic carbocycles. The molecule has 0 radical (unpaired) electrons. The van der Waals surface area contributed by atoms with Gasteiger partial charge in [-0.05, 0) is 54.9 Å². The number of carbonyl (C=O) groups is 1. The van der Waals surface area contributed by atoms with Gasteiger partial charge in [-0.1, -0.05) is 55.5 Å². The van der Waals surface area contributed by atoms with E-state index in [1.54, 1.807) is 73.1 Å². The molecule has 37 heavy (non-hydrogen) atoms. The van der Waals surface area contributed by atoms with Crippen LogP contribution in [0.25, 0.3) is 0 Å². The number of benzene rings is 3. The quantitative estimate of drug-likeness (QED) is 0.323. The predicted molar refractivity (Wildman–Crippen MR) is 131 cm³/mol. The normalized spacial score (nSPS) is 13.5. The minimum atomic E-state index is -5.26. The molecule has 11 heteroatoms. The molecule has 7 nitrogen and oxygen atoms in total. The van der Waals surface area contributed by atoms with E-state index >= 15 is 0 Å². The summed E-state index contributed by atoms with van der Waals surface area (Å²) in [6, 6.07) is 22.1. The van der Waals surface area contributed by atoms with Crippen LogP contribution in [0.1, 0.15) is 18.9 Å². The SMILES string of the molecule is CCCNC(CS(=O)(=O)c1ccc(Oc2ccccc2)cc1)(C(=O)NOCc1ccccc1)C(F)(F)F. The lowest BCUT2D eigenvalue weighted by atomic mass is 10.0. The van der Waals surface area contributed by atoms with Crippen molar-refractivity contribution >= 4 is 15.7 Å². The first-order chi connectivity index (χ1) is 17.6. The molecule has 0 aromatic heterocycles. The van der Waals surface area contributed by atoms with E-state index in [4.69, 9.17) is 9.57 Å². The predicted octanol–water partition coefficient (Wildman–Crippen LogP) is 4.80. The Labute approximate surface area is 213 Å². The number of halogens is 3. The molecule has 198 valence electrons. The summed E-state index contributed by atoms with van der Waals surface area (Å²) in [5.41, 5.74) is -1.05. The maximum Gasteiger partial charge on any atom is 0.416 e. The van der Waals surface area contributed by atoms with E-state index in [1.165, 1.54) is 12.1 Å². The number of carbonyl (C=O) groups excluding carboxylic acids is 1. The lowest BCUT2D eigenvalue weighted by molar-refractivity contribution is -0.201. The number of hydroxylamine groups is 1. The van der Waals surface area contributed by atoms with Crippen LogP contribution in [0, 0.1) is 0 Å². The van der Waals surface area contributed by atoms with Gasteiger partial charge in [-0.2, -0.15) is 13.2 Å². The fourth-order valence-corrected chi connectivity index (χ4v) is 5.08. The number of rotatable bonds is 12. The lowest BCUT2D eigenvalue weighted by Gasteiger charge is -2.34. The molecule has 0 aliphatic rings. The highest BCUT2D eigenvalue weighted by molar-refractivity contribution is 7.91. The van der Waals surface area contributed by atoms with Crippen molar-refractivity contribution in [3.05, 3.63) is 90.5 Å². The van der Waals surface area contributed by atoms with Crippen molar-refractivity contribution in [3.63, 3.8) is 0 Å². The zero-order chi connectivity index (χ0) is 26.9. The lowest BCUT2D eigenvalue weighted by Crippen LogP contribution is -2.69. The molecule has 1 atom stereocenters. The Hall–Kier alpha value is -3.41. The molecule has 0 saturated heterocycles. The van der Waals surface area contributed by atoms with Crippen molar-refractivity contribution in [2.24, 2.45) is 0 Å². The van der Waals surface area contributed by atoms with E-state index in [0.29, 0.717) is 17.1 Å². The summed E-state index contributed by atoms with van der Waals surface area (Å²) < 4.78 is 75.0. The maximum absolute atomic E-state index is 14.4. The monoisotopic (exact) mass is 536 g/mol. The zero-order valence-corrected chi connectivity index (χ0v) is 20.8. The van der Waals surface area contributed by atoms with Crippen LogP contribution in [0.2, 0.25) is 0 Å². The third-order valence-corrected chi connectivity index (χ3v) is 7.17. The van der Waals surface area contributed by atoms with Gasteiger partial charge in [0.1, 0.15) is 11.5 Å². The average molecular weight is 537 g/mol. The van der Waals surface area contributed by atoms with Gasteiger partial charge in [0.25, 0.3) is 5.91 Å². The van der Waals surface area contributed by atoms with Crippen LogP contribution in [0.5, 0.6) is 11.5 Å². The Bertz CT molecular complexity index is 1250. The zero-order valence-electron chi connectivity index (χ0n) is 20.0. The minimum Gasteiger partial charge on any atom is -0.457 e. The van der Waals surface area contributed by atoms with Crippen LogP contribution in [-0.2, 0) is 26.1 Å². The highest BCUT2D eigenvalue weighted by atomic mass is 32.2. The van der Waals surface area contributed by atoms with E-state index in [1.807, 2.05) is 0 Å². The molecule has 0 fully saturated rings. The van der Waals surface area contributed by atoms with Crippen molar-refractivity contribution in [2.75, 3.05) is 12.3 Å². The average Bonchev–Trinajstić information content (AvgIpc) is 2.87. The van der Waals surface area contributed by atoms with Crippen molar-refractivity contribution in [2.45, 2.75) is 36.6 Å². The number of nitrogens with one attached hydrogen (secondary N) is 2. The summed E-state index contributed by atoms with van der Waals surface area (Å²) in [5, 5.41) is 2.12. The molecule has 0 bridgehead atoms. The highest BCUT2D eigenvalue weighted by Crippen LogP contribution is 2.34. The summed E-state index contributed by atoms with van der Waals surface area (Å²) in [6.07, 6.45) is -5.03. The molecule has 0 heterocycles. The molecule has 3 aromatic rings.